The van der Waals surface area contributed by atoms with E-state index in [2.05, 4.69) is 10.6 Å². The lowest BCUT2D eigenvalue weighted by Crippen LogP contribution is -2.29. The number of carbonyl (C=O) groups is 2. The van der Waals surface area contributed by atoms with Gasteiger partial charge in [0, 0.05) is 11.3 Å². The van der Waals surface area contributed by atoms with E-state index < -0.39 is 5.91 Å². The second kappa shape index (κ2) is 5.84. The third-order valence-corrected chi connectivity index (χ3v) is 3.19. The minimum atomic E-state index is -0.457. The van der Waals surface area contributed by atoms with Gasteiger partial charge in [-0.05, 0) is 56.0 Å². The van der Waals surface area contributed by atoms with Crippen LogP contribution in [0.2, 0.25) is 0 Å². The summed E-state index contributed by atoms with van der Waals surface area (Å²) >= 11 is 0. The molecule has 19 heavy (non-hydrogen) atoms. The molecule has 2 amide bonds. The summed E-state index contributed by atoms with van der Waals surface area (Å²) in [5.41, 5.74) is 7.15. The van der Waals surface area contributed by atoms with Gasteiger partial charge >= 0.3 is 0 Å². The molecule has 0 radical (unpaired) electrons. The van der Waals surface area contributed by atoms with Gasteiger partial charge in [-0.15, -0.1) is 0 Å². The molecule has 1 fully saturated rings. The summed E-state index contributed by atoms with van der Waals surface area (Å²) in [7, 11) is 0. The van der Waals surface area contributed by atoms with E-state index in [-0.39, 0.29) is 5.91 Å². The van der Waals surface area contributed by atoms with Crippen molar-refractivity contribution in [3.63, 3.8) is 0 Å². The smallest absolute Gasteiger partial charge is 0.248 e. The molecule has 0 unspecified atom stereocenters. The van der Waals surface area contributed by atoms with Crippen LogP contribution in [-0.2, 0) is 4.79 Å². The van der Waals surface area contributed by atoms with E-state index in [4.69, 9.17) is 5.73 Å². The molecular weight excluding hydrogens is 242 g/mol. The molecule has 1 aromatic rings. The first kappa shape index (κ1) is 13.5. The van der Waals surface area contributed by atoms with Gasteiger partial charge in [-0.2, -0.15) is 0 Å². The van der Waals surface area contributed by atoms with E-state index in [0.29, 0.717) is 17.8 Å². The second-order valence-corrected chi connectivity index (χ2v) is 5.02. The summed E-state index contributed by atoms with van der Waals surface area (Å²) in [4.78, 5) is 22.8. The van der Waals surface area contributed by atoms with Gasteiger partial charge in [-0.3, -0.25) is 9.59 Å². The van der Waals surface area contributed by atoms with Crippen molar-refractivity contribution >= 4 is 17.5 Å². The summed E-state index contributed by atoms with van der Waals surface area (Å²) in [6, 6.07) is 5.07. The maximum Gasteiger partial charge on any atom is 0.248 e. The Balaban J connectivity index is 1.85. The molecule has 0 heterocycles. The van der Waals surface area contributed by atoms with Gasteiger partial charge in [0.15, 0.2) is 0 Å². The fourth-order valence-electron chi connectivity index (χ4n) is 1.93. The number of primary amides is 1. The molecule has 0 aliphatic heterocycles. The molecule has 4 N–H and O–H groups in total. The van der Waals surface area contributed by atoms with Crippen LogP contribution in [0.1, 0.15) is 28.8 Å². The van der Waals surface area contributed by atoms with Crippen molar-refractivity contribution in [2.24, 2.45) is 11.7 Å². The Bertz CT molecular complexity index is 495. The highest BCUT2D eigenvalue weighted by atomic mass is 16.2. The number of nitrogens with one attached hydrogen (secondary N) is 2. The standard InChI is InChI=1S/C14H19N3O2/c1-9-6-11(4-5-12(9)14(15)19)17-13(18)8-16-7-10-2-3-10/h4-6,10,16H,2-3,7-8H2,1H3,(H2,15,19)(H,17,18). The Kier molecular flexibility index (Phi) is 4.16. The Morgan fingerprint density at radius 2 is 2.11 bits per heavy atom. The first-order valence-corrected chi connectivity index (χ1v) is 6.47. The molecule has 0 aromatic heterocycles. The Morgan fingerprint density at radius 1 is 1.37 bits per heavy atom. The minimum Gasteiger partial charge on any atom is -0.366 e. The summed E-state index contributed by atoms with van der Waals surface area (Å²) in [5.74, 6) is 0.221. The highest BCUT2D eigenvalue weighted by Gasteiger charge is 2.20. The van der Waals surface area contributed by atoms with Gasteiger partial charge in [0.05, 0.1) is 6.54 Å². The zero-order chi connectivity index (χ0) is 13.8. The average molecular weight is 261 g/mol. The van der Waals surface area contributed by atoms with Crippen LogP contribution in [0, 0.1) is 12.8 Å². The molecule has 1 aliphatic carbocycles. The SMILES string of the molecule is Cc1cc(NC(=O)CNCC2CC2)ccc1C(N)=O. The number of amides is 2. The molecular formula is C14H19N3O2. The summed E-state index contributed by atoms with van der Waals surface area (Å²) in [5, 5.41) is 5.91. The summed E-state index contributed by atoms with van der Waals surface area (Å²) in [6.45, 7) is 3.02. The van der Waals surface area contributed by atoms with E-state index in [9.17, 15) is 9.59 Å². The van der Waals surface area contributed by atoms with E-state index in [1.54, 1.807) is 25.1 Å². The van der Waals surface area contributed by atoms with Crippen LogP contribution in [-0.4, -0.2) is 24.9 Å². The average Bonchev–Trinajstić information content (AvgIpc) is 3.12. The number of aryl methyl sites for hydroxylation is 1. The van der Waals surface area contributed by atoms with Crippen LogP contribution in [0.4, 0.5) is 5.69 Å². The molecule has 1 aliphatic rings. The zero-order valence-corrected chi connectivity index (χ0v) is 11.0. The topological polar surface area (TPSA) is 84.2 Å². The summed E-state index contributed by atoms with van der Waals surface area (Å²) in [6.07, 6.45) is 2.53. The van der Waals surface area contributed by atoms with Crippen LogP contribution in [0.5, 0.6) is 0 Å². The van der Waals surface area contributed by atoms with Crippen LogP contribution in [0.25, 0.3) is 0 Å². The van der Waals surface area contributed by atoms with E-state index in [0.717, 1.165) is 18.0 Å². The van der Waals surface area contributed by atoms with Crippen LogP contribution in [0.15, 0.2) is 18.2 Å². The number of rotatable bonds is 6. The molecule has 0 spiro atoms. The molecule has 102 valence electrons. The first-order valence-electron chi connectivity index (χ1n) is 6.47. The van der Waals surface area contributed by atoms with Gasteiger partial charge in [-0.1, -0.05) is 0 Å². The normalized spacial score (nSPS) is 14.2. The molecule has 5 nitrogen and oxygen atoms in total. The van der Waals surface area contributed by atoms with Crippen molar-refractivity contribution in [3.05, 3.63) is 29.3 Å². The lowest BCUT2D eigenvalue weighted by molar-refractivity contribution is -0.115. The molecule has 2 rings (SSSR count). The lowest BCUT2D eigenvalue weighted by atomic mass is 10.1. The van der Waals surface area contributed by atoms with Crippen LogP contribution in [0.3, 0.4) is 0 Å². The molecule has 0 bridgehead atoms. The van der Waals surface area contributed by atoms with Crippen molar-refractivity contribution in [1.29, 1.82) is 0 Å². The second-order valence-electron chi connectivity index (χ2n) is 5.02. The predicted molar refractivity (Wildman–Crippen MR) is 73.9 cm³/mol. The number of hydrogen-bond donors (Lipinski definition) is 3. The third-order valence-electron chi connectivity index (χ3n) is 3.19. The number of benzene rings is 1. The largest absolute Gasteiger partial charge is 0.366 e. The van der Waals surface area contributed by atoms with E-state index in [1.165, 1.54) is 12.8 Å². The van der Waals surface area contributed by atoms with Gasteiger partial charge in [0.1, 0.15) is 0 Å². The third kappa shape index (κ3) is 4.06. The molecule has 1 saturated carbocycles. The fraction of sp³-hybridized carbons (Fsp3) is 0.429. The molecule has 1 aromatic carbocycles. The predicted octanol–water partition coefficient (Wildman–Crippen LogP) is 1.03. The molecule has 0 saturated heterocycles. The van der Waals surface area contributed by atoms with Crippen molar-refractivity contribution < 1.29 is 9.59 Å². The maximum absolute atomic E-state index is 11.7. The van der Waals surface area contributed by atoms with Crippen molar-refractivity contribution in [2.45, 2.75) is 19.8 Å². The van der Waals surface area contributed by atoms with Crippen molar-refractivity contribution in [2.75, 3.05) is 18.4 Å². The highest BCUT2D eigenvalue weighted by Crippen LogP contribution is 2.27. The Morgan fingerprint density at radius 3 is 2.68 bits per heavy atom. The molecule has 5 heteroatoms. The monoisotopic (exact) mass is 261 g/mol. The van der Waals surface area contributed by atoms with Crippen molar-refractivity contribution in [1.82, 2.24) is 5.32 Å². The fourth-order valence-corrected chi connectivity index (χ4v) is 1.93. The molecule has 0 atom stereocenters. The maximum atomic E-state index is 11.7. The number of carbonyl (C=O) groups excluding carboxylic acids is 2. The Hall–Kier alpha value is -1.88. The van der Waals surface area contributed by atoms with E-state index >= 15 is 0 Å². The van der Waals surface area contributed by atoms with Gasteiger partial charge in [0.2, 0.25) is 11.8 Å². The number of hydrogen-bond acceptors (Lipinski definition) is 3. The van der Waals surface area contributed by atoms with E-state index in [1.807, 2.05) is 0 Å². The van der Waals surface area contributed by atoms with Gasteiger partial charge in [0.25, 0.3) is 0 Å². The highest BCUT2D eigenvalue weighted by molar-refractivity contribution is 5.96. The first-order chi connectivity index (χ1) is 9.06. The van der Waals surface area contributed by atoms with Crippen LogP contribution < -0.4 is 16.4 Å². The number of nitrogens with two attached hydrogens (primary N) is 1. The number of anilines is 1. The minimum absolute atomic E-state index is 0.0770. The van der Waals surface area contributed by atoms with Gasteiger partial charge < -0.3 is 16.4 Å². The zero-order valence-electron chi connectivity index (χ0n) is 11.0. The van der Waals surface area contributed by atoms with Crippen molar-refractivity contribution in [3.8, 4) is 0 Å². The van der Waals surface area contributed by atoms with Crippen LogP contribution >= 0.6 is 0 Å². The Labute approximate surface area is 112 Å². The quantitative estimate of drug-likeness (QED) is 0.715. The van der Waals surface area contributed by atoms with Gasteiger partial charge in [-0.25, -0.2) is 0 Å². The lowest BCUT2D eigenvalue weighted by Gasteiger charge is -2.08. The summed E-state index contributed by atoms with van der Waals surface area (Å²) < 4.78 is 0.